The molecular weight excluding hydrogens is 243 g/mol. The van der Waals surface area contributed by atoms with Crippen LogP contribution in [-0.4, -0.2) is 9.97 Å². The van der Waals surface area contributed by atoms with Crippen LogP contribution in [0.1, 0.15) is 11.4 Å². The van der Waals surface area contributed by atoms with Crippen molar-refractivity contribution in [2.75, 3.05) is 5.73 Å². The number of alkyl halides is 3. The van der Waals surface area contributed by atoms with E-state index in [2.05, 4.69) is 9.97 Å². The number of halogens is 3. The molecule has 6 heteroatoms. The summed E-state index contributed by atoms with van der Waals surface area (Å²) in [5, 5.41) is 0. The van der Waals surface area contributed by atoms with Gasteiger partial charge < -0.3 is 5.73 Å². The number of nitrogen functional groups attached to an aromatic ring is 1. The van der Waals surface area contributed by atoms with Crippen molar-refractivity contribution in [1.82, 2.24) is 9.97 Å². The van der Waals surface area contributed by atoms with Gasteiger partial charge in [-0.1, -0.05) is 0 Å². The Bertz CT molecular complexity index is 562. The molecule has 0 aliphatic carbocycles. The molecule has 0 bridgehead atoms. The molecule has 0 atom stereocenters. The Morgan fingerprint density at radius 1 is 1.00 bits per heavy atom. The number of aryl methyl sites for hydroxylation is 1. The summed E-state index contributed by atoms with van der Waals surface area (Å²) in [4.78, 5) is 7.89. The molecule has 0 aliphatic rings. The molecule has 3 nitrogen and oxygen atoms in total. The maximum atomic E-state index is 12.6. The van der Waals surface area contributed by atoms with Gasteiger partial charge in [-0.3, -0.25) is 0 Å². The van der Waals surface area contributed by atoms with Gasteiger partial charge in [0.25, 0.3) is 0 Å². The summed E-state index contributed by atoms with van der Waals surface area (Å²) in [6, 6.07) is 3.40. The topological polar surface area (TPSA) is 51.8 Å². The molecule has 94 valence electrons. The summed E-state index contributed by atoms with van der Waals surface area (Å²) in [7, 11) is 0. The van der Waals surface area contributed by atoms with Crippen LogP contribution in [0.2, 0.25) is 0 Å². The molecule has 1 heterocycles. The molecule has 2 aromatic rings. The summed E-state index contributed by atoms with van der Waals surface area (Å²) in [6.07, 6.45) is -1.48. The van der Waals surface area contributed by atoms with Gasteiger partial charge in [-0.25, -0.2) is 9.97 Å². The Morgan fingerprint density at radius 3 is 2.17 bits per heavy atom. The van der Waals surface area contributed by atoms with Crippen LogP contribution < -0.4 is 5.73 Å². The smallest absolute Gasteiger partial charge is 0.399 e. The third-order valence-electron chi connectivity index (χ3n) is 2.40. The van der Waals surface area contributed by atoms with E-state index in [0.29, 0.717) is 17.0 Å². The first-order chi connectivity index (χ1) is 8.36. The minimum Gasteiger partial charge on any atom is -0.399 e. The fourth-order valence-corrected chi connectivity index (χ4v) is 1.52. The van der Waals surface area contributed by atoms with Gasteiger partial charge in [0, 0.05) is 23.6 Å². The number of anilines is 1. The zero-order valence-corrected chi connectivity index (χ0v) is 9.49. The van der Waals surface area contributed by atoms with E-state index in [4.69, 9.17) is 5.73 Å². The van der Waals surface area contributed by atoms with Gasteiger partial charge >= 0.3 is 6.18 Å². The number of hydrogen-bond donors (Lipinski definition) is 1. The van der Waals surface area contributed by atoms with Crippen LogP contribution in [-0.2, 0) is 6.18 Å². The Labute approximate surface area is 101 Å². The molecule has 18 heavy (non-hydrogen) atoms. The lowest BCUT2D eigenvalue weighted by molar-refractivity contribution is -0.137. The van der Waals surface area contributed by atoms with Gasteiger partial charge in [0.1, 0.15) is 5.82 Å². The van der Waals surface area contributed by atoms with Crippen molar-refractivity contribution in [3.8, 4) is 11.1 Å². The van der Waals surface area contributed by atoms with Crippen LogP contribution in [0.4, 0.5) is 18.9 Å². The zero-order valence-electron chi connectivity index (χ0n) is 9.49. The van der Waals surface area contributed by atoms with Crippen molar-refractivity contribution >= 4 is 5.69 Å². The van der Waals surface area contributed by atoms with Crippen molar-refractivity contribution in [2.24, 2.45) is 0 Å². The number of nitrogens with zero attached hydrogens (tertiary/aromatic N) is 2. The van der Waals surface area contributed by atoms with Gasteiger partial charge in [0.05, 0.1) is 5.56 Å². The molecule has 0 aliphatic heterocycles. The first kappa shape index (κ1) is 12.3. The van der Waals surface area contributed by atoms with E-state index < -0.39 is 11.7 Å². The predicted octanol–water partition coefficient (Wildman–Crippen LogP) is 3.05. The zero-order chi connectivity index (χ0) is 13.3. The van der Waals surface area contributed by atoms with E-state index in [0.717, 1.165) is 12.1 Å². The molecule has 1 aromatic heterocycles. The summed E-state index contributed by atoms with van der Waals surface area (Å²) >= 11 is 0. The second kappa shape index (κ2) is 4.29. The SMILES string of the molecule is Cc1ncc(-c2cc(N)cc(C(F)(F)F)c2)cn1. The van der Waals surface area contributed by atoms with Crippen LogP contribution in [0.25, 0.3) is 11.1 Å². The second-order valence-corrected chi connectivity index (χ2v) is 3.86. The number of nitrogens with two attached hydrogens (primary N) is 1. The molecule has 2 N–H and O–H groups in total. The Hall–Kier alpha value is -2.11. The first-order valence-corrected chi connectivity index (χ1v) is 5.13. The molecule has 0 saturated heterocycles. The highest BCUT2D eigenvalue weighted by atomic mass is 19.4. The van der Waals surface area contributed by atoms with E-state index in [1.807, 2.05) is 0 Å². The molecule has 1 aromatic carbocycles. The average molecular weight is 253 g/mol. The average Bonchev–Trinajstić information content (AvgIpc) is 2.28. The Kier molecular flexibility index (Phi) is 2.94. The Morgan fingerprint density at radius 2 is 1.61 bits per heavy atom. The highest BCUT2D eigenvalue weighted by molar-refractivity contribution is 5.67. The summed E-state index contributed by atoms with van der Waals surface area (Å²) in [5.74, 6) is 0.554. The molecule has 0 radical (unpaired) electrons. The van der Waals surface area contributed by atoms with Crippen molar-refractivity contribution in [1.29, 1.82) is 0 Å². The highest BCUT2D eigenvalue weighted by Crippen LogP contribution is 2.33. The lowest BCUT2D eigenvalue weighted by atomic mass is 10.0. The number of aromatic nitrogens is 2. The van der Waals surface area contributed by atoms with Crippen molar-refractivity contribution in [3.63, 3.8) is 0 Å². The lowest BCUT2D eigenvalue weighted by Crippen LogP contribution is -2.06. The number of benzene rings is 1. The molecule has 0 unspecified atom stereocenters. The minimum atomic E-state index is -4.42. The molecule has 0 saturated carbocycles. The van der Waals surface area contributed by atoms with Crippen LogP contribution in [0.15, 0.2) is 30.6 Å². The van der Waals surface area contributed by atoms with E-state index in [9.17, 15) is 13.2 Å². The molecular formula is C12H10F3N3. The summed E-state index contributed by atoms with van der Waals surface area (Å²) < 4.78 is 37.9. The third-order valence-corrected chi connectivity index (χ3v) is 2.40. The first-order valence-electron chi connectivity index (χ1n) is 5.13. The number of hydrogen-bond acceptors (Lipinski definition) is 3. The lowest BCUT2D eigenvalue weighted by Gasteiger charge is -2.10. The number of rotatable bonds is 1. The van der Waals surface area contributed by atoms with E-state index in [1.165, 1.54) is 18.5 Å². The van der Waals surface area contributed by atoms with Gasteiger partial charge in [-0.05, 0) is 30.7 Å². The van der Waals surface area contributed by atoms with E-state index in [1.54, 1.807) is 6.92 Å². The van der Waals surface area contributed by atoms with Gasteiger partial charge in [-0.15, -0.1) is 0 Å². The standard InChI is InChI=1S/C12H10F3N3/c1-7-17-5-9(6-18-7)8-2-10(12(13,14)15)4-11(16)3-8/h2-6H,16H2,1H3. The van der Waals surface area contributed by atoms with Crippen LogP contribution in [0, 0.1) is 6.92 Å². The molecule has 0 spiro atoms. The highest BCUT2D eigenvalue weighted by Gasteiger charge is 2.31. The maximum Gasteiger partial charge on any atom is 0.416 e. The van der Waals surface area contributed by atoms with Crippen molar-refractivity contribution < 1.29 is 13.2 Å². The van der Waals surface area contributed by atoms with Gasteiger partial charge in [0.2, 0.25) is 0 Å². The fourth-order valence-electron chi connectivity index (χ4n) is 1.52. The largest absolute Gasteiger partial charge is 0.416 e. The third kappa shape index (κ3) is 2.58. The summed E-state index contributed by atoms with van der Waals surface area (Å²) in [6.45, 7) is 1.70. The monoisotopic (exact) mass is 253 g/mol. The maximum absolute atomic E-state index is 12.6. The molecule has 0 amide bonds. The van der Waals surface area contributed by atoms with E-state index in [-0.39, 0.29) is 5.69 Å². The summed E-state index contributed by atoms with van der Waals surface area (Å²) in [5.41, 5.74) is 5.61. The van der Waals surface area contributed by atoms with Crippen LogP contribution >= 0.6 is 0 Å². The van der Waals surface area contributed by atoms with Crippen LogP contribution in [0.5, 0.6) is 0 Å². The minimum absolute atomic E-state index is 0.0559. The molecule has 2 rings (SSSR count). The van der Waals surface area contributed by atoms with Crippen molar-refractivity contribution in [3.05, 3.63) is 42.0 Å². The Balaban J connectivity index is 2.52. The van der Waals surface area contributed by atoms with Gasteiger partial charge in [0.15, 0.2) is 0 Å². The van der Waals surface area contributed by atoms with Crippen molar-refractivity contribution in [2.45, 2.75) is 13.1 Å². The molecule has 0 fully saturated rings. The van der Waals surface area contributed by atoms with Crippen LogP contribution in [0.3, 0.4) is 0 Å². The fraction of sp³-hybridized carbons (Fsp3) is 0.167. The normalized spacial score (nSPS) is 11.6. The van der Waals surface area contributed by atoms with E-state index >= 15 is 0 Å². The second-order valence-electron chi connectivity index (χ2n) is 3.86. The quantitative estimate of drug-likeness (QED) is 0.795. The van der Waals surface area contributed by atoms with Gasteiger partial charge in [-0.2, -0.15) is 13.2 Å². The predicted molar refractivity (Wildman–Crippen MR) is 61.6 cm³/mol.